The molecule has 2 rings (SSSR count). The largest absolute Gasteiger partial charge is 0.326 e. The summed E-state index contributed by atoms with van der Waals surface area (Å²) in [6, 6.07) is 11.4. The molecule has 0 aliphatic carbocycles. The van der Waals surface area contributed by atoms with Gasteiger partial charge in [0.05, 0.1) is 0 Å². The Bertz CT molecular complexity index is 667. The summed E-state index contributed by atoms with van der Waals surface area (Å²) in [7, 11) is 0. The summed E-state index contributed by atoms with van der Waals surface area (Å²) < 4.78 is 25.6. The van der Waals surface area contributed by atoms with Crippen molar-refractivity contribution in [2.24, 2.45) is 0 Å². The van der Waals surface area contributed by atoms with Gasteiger partial charge >= 0.3 is 0 Å². The van der Waals surface area contributed by atoms with Gasteiger partial charge in [0.1, 0.15) is 11.6 Å². The molecule has 2 aromatic carbocycles. The minimum atomic E-state index is -0.334. The zero-order chi connectivity index (χ0) is 19.5. The third-order valence-corrected chi connectivity index (χ3v) is 4.06. The summed E-state index contributed by atoms with van der Waals surface area (Å²) in [6.45, 7) is 0. The lowest BCUT2D eigenvalue weighted by Gasteiger charge is -2.06. The number of nitrogens with one attached hydrogen (secondary N) is 2. The third-order valence-electron chi connectivity index (χ3n) is 4.06. The third kappa shape index (κ3) is 8.44. The van der Waals surface area contributed by atoms with E-state index in [1.54, 1.807) is 0 Å². The molecule has 0 aliphatic heterocycles. The van der Waals surface area contributed by atoms with Crippen LogP contribution >= 0.6 is 0 Å². The van der Waals surface area contributed by atoms with Gasteiger partial charge in [0, 0.05) is 24.2 Å². The number of anilines is 2. The molecule has 27 heavy (non-hydrogen) atoms. The molecule has 0 bridgehead atoms. The summed E-state index contributed by atoms with van der Waals surface area (Å²) in [6.07, 6.45) is 5.16. The number of benzene rings is 2. The van der Waals surface area contributed by atoms with Gasteiger partial charge in [-0.25, -0.2) is 8.78 Å². The highest BCUT2D eigenvalue weighted by atomic mass is 19.1. The van der Waals surface area contributed by atoms with Crippen LogP contribution in [0.2, 0.25) is 0 Å². The van der Waals surface area contributed by atoms with E-state index in [4.69, 9.17) is 0 Å². The molecule has 2 aromatic rings. The van der Waals surface area contributed by atoms with Crippen LogP contribution in [-0.2, 0) is 9.59 Å². The predicted octanol–water partition coefficient (Wildman–Crippen LogP) is 5.27. The van der Waals surface area contributed by atoms with E-state index < -0.39 is 0 Å². The van der Waals surface area contributed by atoms with Gasteiger partial charge in [0.15, 0.2) is 0 Å². The van der Waals surface area contributed by atoms with E-state index in [9.17, 15) is 18.4 Å². The Balaban J connectivity index is 1.49. The molecule has 2 amide bonds. The first-order valence-corrected chi connectivity index (χ1v) is 9.14. The number of carbonyl (C=O) groups is 2. The second kappa shape index (κ2) is 11.1. The number of carbonyl (C=O) groups excluding carboxylic acids is 2. The molecule has 144 valence electrons. The molecule has 0 radical (unpaired) electrons. The lowest BCUT2D eigenvalue weighted by molar-refractivity contribution is -0.117. The van der Waals surface area contributed by atoms with Crippen molar-refractivity contribution in [1.29, 1.82) is 0 Å². The maximum atomic E-state index is 12.8. The van der Waals surface area contributed by atoms with Gasteiger partial charge in [-0.05, 0) is 61.4 Å². The number of amides is 2. The molecule has 0 saturated heterocycles. The van der Waals surface area contributed by atoms with Crippen molar-refractivity contribution in [3.8, 4) is 0 Å². The highest BCUT2D eigenvalue weighted by Crippen LogP contribution is 2.12. The van der Waals surface area contributed by atoms with Crippen molar-refractivity contribution in [3.05, 3.63) is 60.2 Å². The fourth-order valence-corrected chi connectivity index (χ4v) is 2.61. The van der Waals surface area contributed by atoms with Gasteiger partial charge in [-0.15, -0.1) is 0 Å². The van der Waals surface area contributed by atoms with E-state index in [2.05, 4.69) is 10.6 Å². The fourth-order valence-electron chi connectivity index (χ4n) is 2.61. The summed E-state index contributed by atoms with van der Waals surface area (Å²) in [4.78, 5) is 23.6. The number of hydrogen-bond donors (Lipinski definition) is 2. The van der Waals surface area contributed by atoms with Crippen LogP contribution in [-0.4, -0.2) is 11.8 Å². The molecule has 0 spiro atoms. The van der Waals surface area contributed by atoms with Crippen molar-refractivity contribution in [1.82, 2.24) is 0 Å². The number of rotatable bonds is 10. The Morgan fingerprint density at radius 1 is 0.593 bits per heavy atom. The Kier molecular flexibility index (Phi) is 8.42. The molecule has 2 N–H and O–H groups in total. The number of hydrogen-bond acceptors (Lipinski definition) is 2. The molecular weight excluding hydrogens is 350 g/mol. The van der Waals surface area contributed by atoms with E-state index >= 15 is 0 Å². The van der Waals surface area contributed by atoms with Crippen molar-refractivity contribution < 1.29 is 18.4 Å². The van der Waals surface area contributed by atoms with E-state index in [-0.39, 0.29) is 23.4 Å². The lowest BCUT2D eigenvalue weighted by Crippen LogP contribution is -2.11. The molecule has 4 nitrogen and oxygen atoms in total. The second-order valence-electron chi connectivity index (χ2n) is 6.38. The Morgan fingerprint density at radius 2 is 0.926 bits per heavy atom. The molecule has 0 aliphatic rings. The fraction of sp³-hybridized carbons (Fsp3) is 0.333. The van der Waals surface area contributed by atoms with Crippen molar-refractivity contribution in [3.63, 3.8) is 0 Å². The maximum Gasteiger partial charge on any atom is 0.224 e. The van der Waals surface area contributed by atoms with E-state index in [0.717, 1.165) is 32.1 Å². The Morgan fingerprint density at radius 3 is 1.30 bits per heavy atom. The minimum absolute atomic E-state index is 0.0831. The molecule has 0 saturated carbocycles. The first-order chi connectivity index (χ1) is 13.0. The smallest absolute Gasteiger partial charge is 0.224 e. The van der Waals surface area contributed by atoms with Crippen LogP contribution < -0.4 is 10.6 Å². The van der Waals surface area contributed by atoms with Crippen LogP contribution in [0.1, 0.15) is 44.9 Å². The molecule has 0 heterocycles. The van der Waals surface area contributed by atoms with Crippen LogP contribution in [0.5, 0.6) is 0 Å². The van der Waals surface area contributed by atoms with E-state index in [0.29, 0.717) is 24.2 Å². The molecule has 0 unspecified atom stereocenters. The first kappa shape index (κ1) is 20.6. The zero-order valence-corrected chi connectivity index (χ0v) is 15.1. The van der Waals surface area contributed by atoms with Crippen molar-refractivity contribution in [2.45, 2.75) is 44.9 Å². The highest BCUT2D eigenvalue weighted by Gasteiger charge is 2.04. The van der Waals surface area contributed by atoms with Crippen LogP contribution in [0.3, 0.4) is 0 Å². The van der Waals surface area contributed by atoms with Gasteiger partial charge in [0.25, 0.3) is 0 Å². The highest BCUT2D eigenvalue weighted by molar-refractivity contribution is 5.91. The Labute approximate surface area is 158 Å². The molecule has 0 fully saturated rings. The van der Waals surface area contributed by atoms with Crippen LogP contribution in [0, 0.1) is 11.6 Å². The lowest BCUT2D eigenvalue weighted by atomic mass is 10.1. The zero-order valence-electron chi connectivity index (χ0n) is 15.1. The molecule has 0 atom stereocenters. The van der Waals surface area contributed by atoms with Crippen molar-refractivity contribution in [2.75, 3.05) is 10.6 Å². The summed E-state index contributed by atoms with van der Waals surface area (Å²) in [5.74, 6) is -0.834. The first-order valence-electron chi connectivity index (χ1n) is 9.14. The molecule has 0 aromatic heterocycles. The van der Waals surface area contributed by atoms with Gasteiger partial charge in [-0.1, -0.05) is 19.3 Å². The second-order valence-corrected chi connectivity index (χ2v) is 6.38. The summed E-state index contributed by atoms with van der Waals surface area (Å²) in [5.41, 5.74) is 1.18. The number of halogens is 2. The predicted molar refractivity (Wildman–Crippen MR) is 102 cm³/mol. The topological polar surface area (TPSA) is 58.2 Å². The standard InChI is InChI=1S/C21H24F2N2O2/c22-16-8-12-18(13-9-16)24-20(26)6-4-2-1-3-5-7-21(27)25-19-14-10-17(23)11-15-19/h8-15H,1-7H2,(H,24,26)(H,25,27). The van der Waals surface area contributed by atoms with Gasteiger partial charge in [0.2, 0.25) is 11.8 Å². The van der Waals surface area contributed by atoms with E-state index in [1.807, 2.05) is 0 Å². The molecule has 6 heteroatoms. The number of unbranched alkanes of at least 4 members (excludes halogenated alkanes) is 4. The average Bonchev–Trinajstić information content (AvgIpc) is 2.65. The van der Waals surface area contributed by atoms with Gasteiger partial charge in [-0.2, -0.15) is 0 Å². The SMILES string of the molecule is O=C(CCCCCCCC(=O)Nc1ccc(F)cc1)Nc1ccc(F)cc1. The van der Waals surface area contributed by atoms with Crippen molar-refractivity contribution >= 4 is 23.2 Å². The van der Waals surface area contributed by atoms with Crippen LogP contribution in [0.25, 0.3) is 0 Å². The van der Waals surface area contributed by atoms with Crippen LogP contribution in [0.15, 0.2) is 48.5 Å². The van der Waals surface area contributed by atoms with Gasteiger partial charge < -0.3 is 10.6 Å². The normalized spacial score (nSPS) is 10.4. The quantitative estimate of drug-likeness (QED) is 0.557. The van der Waals surface area contributed by atoms with Crippen LogP contribution in [0.4, 0.5) is 20.2 Å². The summed E-state index contributed by atoms with van der Waals surface area (Å²) in [5, 5.41) is 5.46. The molecular formula is C21H24F2N2O2. The monoisotopic (exact) mass is 374 g/mol. The average molecular weight is 374 g/mol. The van der Waals surface area contributed by atoms with Gasteiger partial charge in [-0.3, -0.25) is 9.59 Å². The Hall–Kier alpha value is -2.76. The van der Waals surface area contributed by atoms with E-state index in [1.165, 1.54) is 48.5 Å². The summed E-state index contributed by atoms with van der Waals surface area (Å²) >= 11 is 0. The maximum absolute atomic E-state index is 12.8. The minimum Gasteiger partial charge on any atom is -0.326 e.